The topological polar surface area (TPSA) is 12.9 Å². The Morgan fingerprint density at radius 3 is 2.71 bits per heavy atom. The Labute approximate surface area is 49.6 Å². The molecule has 1 aromatic rings. The molecule has 0 radical (unpaired) electrons. The van der Waals surface area contributed by atoms with E-state index in [0.29, 0.717) is 4.34 Å². The van der Waals surface area contributed by atoms with Crippen molar-refractivity contribution in [3.8, 4) is 0 Å². The van der Waals surface area contributed by atoms with Crippen LogP contribution in [-0.4, -0.2) is 4.98 Å². The predicted octanol–water partition coefficient (Wildman–Crippen LogP) is 1.57. The Bertz CT molecular complexity index is 145. The average molecular weight is 135 g/mol. The van der Waals surface area contributed by atoms with Gasteiger partial charge in [0, 0.05) is 5.38 Å². The third kappa shape index (κ3) is 1.14. The van der Waals surface area contributed by atoms with Crippen LogP contribution in [0.5, 0.6) is 0 Å². The number of aromatic nitrogens is 1. The average Bonchev–Trinajstić information content (AvgIpc) is 1.87. The summed E-state index contributed by atoms with van der Waals surface area (Å²) in [7, 11) is 0. The van der Waals surface area contributed by atoms with Crippen molar-refractivity contribution in [2.45, 2.75) is 4.34 Å². The molecule has 0 aliphatic carbocycles. The molecule has 0 aliphatic rings. The van der Waals surface area contributed by atoms with Crippen LogP contribution in [0.3, 0.4) is 0 Å². The molecule has 0 atom stereocenters. The van der Waals surface area contributed by atoms with Crippen molar-refractivity contribution in [3.63, 3.8) is 0 Å². The smallest absolute Gasteiger partial charge is 0.202 e. The van der Waals surface area contributed by atoms with E-state index in [4.69, 9.17) is 0 Å². The number of hydrogen-bond donors (Lipinski definition) is 1. The first-order valence-corrected chi connectivity index (χ1v) is 2.92. The lowest BCUT2D eigenvalue weighted by Gasteiger charge is -1.66. The van der Waals surface area contributed by atoms with Crippen LogP contribution in [0.15, 0.2) is 9.72 Å². The lowest BCUT2D eigenvalue weighted by molar-refractivity contribution is 0.585. The predicted molar refractivity (Wildman–Crippen MR) is 29.3 cm³/mol. The minimum atomic E-state index is -0.449. The highest BCUT2D eigenvalue weighted by molar-refractivity contribution is 7.82. The van der Waals surface area contributed by atoms with Crippen molar-refractivity contribution in [2.24, 2.45) is 0 Å². The minimum absolute atomic E-state index is 0.449. The van der Waals surface area contributed by atoms with Gasteiger partial charge in [-0.2, -0.15) is 4.39 Å². The van der Waals surface area contributed by atoms with Gasteiger partial charge >= 0.3 is 0 Å². The van der Waals surface area contributed by atoms with Gasteiger partial charge in [-0.15, -0.1) is 24.0 Å². The molecule has 0 fully saturated rings. The number of thiazole rings is 1. The third-order valence-corrected chi connectivity index (χ3v) is 1.49. The van der Waals surface area contributed by atoms with Crippen molar-refractivity contribution in [1.82, 2.24) is 4.98 Å². The standard InChI is InChI=1S/C3H2FNS2/c4-2-1-7-3(6)5-2/h1H,(H,5,6). The van der Waals surface area contributed by atoms with Crippen LogP contribution in [-0.2, 0) is 0 Å². The molecule has 0 bridgehead atoms. The number of halogens is 1. The van der Waals surface area contributed by atoms with Gasteiger partial charge in [-0.3, -0.25) is 0 Å². The Balaban J connectivity index is 3.04. The molecular weight excluding hydrogens is 133 g/mol. The van der Waals surface area contributed by atoms with Crippen LogP contribution in [0.2, 0.25) is 0 Å². The van der Waals surface area contributed by atoms with E-state index in [0.717, 1.165) is 0 Å². The van der Waals surface area contributed by atoms with E-state index in [1.54, 1.807) is 0 Å². The molecule has 1 aromatic heterocycles. The zero-order valence-corrected chi connectivity index (χ0v) is 4.97. The molecule has 0 unspecified atom stereocenters. The molecule has 4 heteroatoms. The highest BCUT2D eigenvalue weighted by Gasteiger charge is 1.91. The van der Waals surface area contributed by atoms with Crippen molar-refractivity contribution >= 4 is 24.0 Å². The molecular formula is C3H2FNS2. The zero-order chi connectivity index (χ0) is 5.28. The quantitative estimate of drug-likeness (QED) is 0.533. The second-order valence-electron chi connectivity index (χ2n) is 0.953. The Hall–Kier alpha value is -0.0900. The van der Waals surface area contributed by atoms with Gasteiger partial charge in [-0.25, -0.2) is 4.98 Å². The molecule has 0 spiro atoms. The van der Waals surface area contributed by atoms with Crippen molar-refractivity contribution in [3.05, 3.63) is 11.3 Å². The fourth-order valence-corrected chi connectivity index (χ4v) is 0.894. The van der Waals surface area contributed by atoms with Gasteiger partial charge in [0.2, 0.25) is 5.95 Å². The number of hydrogen-bond acceptors (Lipinski definition) is 3. The fourth-order valence-electron chi connectivity index (χ4n) is 0.245. The Morgan fingerprint density at radius 1 is 1.86 bits per heavy atom. The third-order valence-electron chi connectivity index (χ3n) is 0.464. The number of nitrogens with zero attached hydrogens (tertiary/aromatic N) is 1. The second kappa shape index (κ2) is 1.79. The lowest BCUT2D eigenvalue weighted by Crippen LogP contribution is -1.65. The highest BCUT2D eigenvalue weighted by Crippen LogP contribution is 2.10. The van der Waals surface area contributed by atoms with E-state index < -0.39 is 5.95 Å². The van der Waals surface area contributed by atoms with Gasteiger partial charge in [0.25, 0.3) is 0 Å². The molecule has 1 heterocycles. The Kier molecular flexibility index (Phi) is 1.30. The van der Waals surface area contributed by atoms with Crippen molar-refractivity contribution in [1.29, 1.82) is 0 Å². The molecule has 0 saturated heterocycles. The summed E-state index contributed by atoms with van der Waals surface area (Å²) < 4.78 is 12.2. The molecule has 1 nitrogen and oxygen atoms in total. The van der Waals surface area contributed by atoms with Gasteiger partial charge in [0.1, 0.15) is 4.34 Å². The van der Waals surface area contributed by atoms with E-state index in [2.05, 4.69) is 17.6 Å². The molecule has 1 rings (SSSR count). The lowest BCUT2D eigenvalue weighted by atomic mass is 11.0. The summed E-state index contributed by atoms with van der Waals surface area (Å²) in [5, 5.41) is 1.31. The molecule has 0 saturated carbocycles. The maximum atomic E-state index is 11.8. The highest BCUT2D eigenvalue weighted by atomic mass is 32.2. The maximum Gasteiger partial charge on any atom is 0.224 e. The number of thiol groups is 1. The molecule has 0 N–H and O–H groups in total. The first-order valence-electron chi connectivity index (χ1n) is 1.59. The molecule has 38 valence electrons. The van der Waals surface area contributed by atoms with Gasteiger partial charge < -0.3 is 0 Å². The summed E-state index contributed by atoms with van der Waals surface area (Å²) in [6.07, 6.45) is 0. The second-order valence-corrected chi connectivity index (χ2v) is 2.54. The summed E-state index contributed by atoms with van der Waals surface area (Å²) >= 11 is 4.96. The minimum Gasteiger partial charge on any atom is -0.202 e. The number of rotatable bonds is 0. The summed E-state index contributed by atoms with van der Waals surface area (Å²) in [6, 6.07) is 0. The van der Waals surface area contributed by atoms with Gasteiger partial charge in [-0.1, -0.05) is 0 Å². The largest absolute Gasteiger partial charge is 0.224 e. The van der Waals surface area contributed by atoms with E-state index in [9.17, 15) is 4.39 Å². The molecule has 0 aromatic carbocycles. The van der Waals surface area contributed by atoms with Gasteiger partial charge in [-0.05, 0) is 0 Å². The first kappa shape index (κ1) is 5.05. The maximum absolute atomic E-state index is 11.8. The summed E-state index contributed by atoms with van der Waals surface area (Å²) in [5.74, 6) is -0.449. The van der Waals surface area contributed by atoms with E-state index >= 15 is 0 Å². The monoisotopic (exact) mass is 135 g/mol. The molecule has 7 heavy (non-hydrogen) atoms. The normalized spacial score (nSPS) is 9.43. The summed E-state index contributed by atoms with van der Waals surface area (Å²) in [4.78, 5) is 3.33. The summed E-state index contributed by atoms with van der Waals surface area (Å²) in [6.45, 7) is 0. The van der Waals surface area contributed by atoms with Crippen LogP contribution in [0.4, 0.5) is 4.39 Å². The van der Waals surface area contributed by atoms with Gasteiger partial charge in [0.05, 0.1) is 0 Å². The van der Waals surface area contributed by atoms with E-state index in [-0.39, 0.29) is 0 Å². The first-order chi connectivity index (χ1) is 3.29. The molecule has 0 aliphatic heterocycles. The van der Waals surface area contributed by atoms with Crippen LogP contribution in [0.25, 0.3) is 0 Å². The fraction of sp³-hybridized carbons (Fsp3) is 0. The Morgan fingerprint density at radius 2 is 2.57 bits per heavy atom. The van der Waals surface area contributed by atoms with Crippen molar-refractivity contribution in [2.75, 3.05) is 0 Å². The molecule has 0 amide bonds. The van der Waals surface area contributed by atoms with Crippen molar-refractivity contribution < 1.29 is 4.39 Å². The van der Waals surface area contributed by atoms with E-state index in [1.807, 2.05) is 0 Å². The SMILES string of the molecule is Fc1csc(S)n1. The van der Waals surface area contributed by atoms with Crippen LogP contribution in [0, 0.1) is 5.95 Å². The summed E-state index contributed by atoms with van der Waals surface area (Å²) in [5.41, 5.74) is 0. The van der Waals surface area contributed by atoms with Gasteiger partial charge in [0.15, 0.2) is 0 Å². The van der Waals surface area contributed by atoms with Crippen LogP contribution < -0.4 is 0 Å². The van der Waals surface area contributed by atoms with Crippen LogP contribution in [0.1, 0.15) is 0 Å². The van der Waals surface area contributed by atoms with E-state index in [1.165, 1.54) is 16.7 Å². The zero-order valence-electron chi connectivity index (χ0n) is 3.26. The van der Waals surface area contributed by atoms with Crippen LogP contribution >= 0.6 is 24.0 Å².